The zero-order valence-electron chi connectivity index (χ0n) is 11.4. The van der Waals surface area contributed by atoms with Gasteiger partial charge in [-0.25, -0.2) is 4.99 Å². The van der Waals surface area contributed by atoms with Crippen LogP contribution in [0.1, 0.15) is 24.5 Å². The summed E-state index contributed by atoms with van der Waals surface area (Å²) in [4.78, 5) is 6.66. The number of nitrogens with zero attached hydrogens (tertiary/aromatic N) is 2. The predicted octanol–water partition coefficient (Wildman–Crippen LogP) is 1.72. The van der Waals surface area contributed by atoms with Gasteiger partial charge in [-0.15, -0.1) is 0 Å². The Morgan fingerprint density at radius 1 is 1.37 bits per heavy atom. The SMILES string of the molecule is CCN(CC1COC(N)=N1)c1ccc2c(c1)CCC2. The summed E-state index contributed by atoms with van der Waals surface area (Å²) in [7, 11) is 0. The van der Waals surface area contributed by atoms with Gasteiger partial charge in [-0.2, -0.15) is 0 Å². The third-order valence-corrected chi connectivity index (χ3v) is 3.99. The van der Waals surface area contributed by atoms with Crippen molar-refractivity contribution in [2.45, 2.75) is 32.2 Å². The van der Waals surface area contributed by atoms with Crippen LogP contribution in [0.25, 0.3) is 0 Å². The molecule has 4 nitrogen and oxygen atoms in total. The lowest BCUT2D eigenvalue weighted by Gasteiger charge is -2.25. The molecule has 4 heteroatoms. The molecule has 0 bridgehead atoms. The Labute approximate surface area is 114 Å². The van der Waals surface area contributed by atoms with Crippen molar-refractivity contribution in [1.82, 2.24) is 0 Å². The minimum Gasteiger partial charge on any atom is -0.463 e. The number of hydrogen-bond acceptors (Lipinski definition) is 4. The van der Waals surface area contributed by atoms with Crippen molar-refractivity contribution in [3.05, 3.63) is 29.3 Å². The van der Waals surface area contributed by atoms with Crippen molar-refractivity contribution in [2.75, 3.05) is 24.6 Å². The van der Waals surface area contributed by atoms with Crippen LogP contribution in [0.3, 0.4) is 0 Å². The second-order valence-corrected chi connectivity index (χ2v) is 5.28. The fourth-order valence-electron chi connectivity index (χ4n) is 2.96. The van der Waals surface area contributed by atoms with Gasteiger partial charge in [0.15, 0.2) is 0 Å². The van der Waals surface area contributed by atoms with Gasteiger partial charge in [-0.05, 0) is 49.4 Å². The summed E-state index contributed by atoms with van der Waals surface area (Å²) >= 11 is 0. The van der Waals surface area contributed by atoms with Crippen LogP contribution < -0.4 is 10.6 Å². The molecule has 0 amide bonds. The largest absolute Gasteiger partial charge is 0.463 e. The summed E-state index contributed by atoms with van der Waals surface area (Å²) < 4.78 is 5.22. The molecule has 1 atom stereocenters. The highest BCUT2D eigenvalue weighted by atomic mass is 16.5. The number of aliphatic imine (C=N–C) groups is 1. The van der Waals surface area contributed by atoms with Gasteiger partial charge < -0.3 is 15.4 Å². The van der Waals surface area contributed by atoms with E-state index in [1.807, 2.05) is 0 Å². The topological polar surface area (TPSA) is 50.9 Å². The Hall–Kier alpha value is -1.71. The monoisotopic (exact) mass is 259 g/mol. The molecule has 0 saturated carbocycles. The molecule has 102 valence electrons. The molecule has 1 heterocycles. The summed E-state index contributed by atoms with van der Waals surface area (Å²) in [5, 5.41) is 0. The van der Waals surface area contributed by atoms with Crippen LogP contribution in [0, 0.1) is 0 Å². The molecule has 0 fully saturated rings. The molecular weight excluding hydrogens is 238 g/mol. The van der Waals surface area contributed by atoms with E-state index in [1.165, 1.54) is 36.1 Å². The van der Waals surface area contributed by atoms with Gasteiger partial charge in [-0.1, -0.05) is 6.07 Å². The van der Waals surface area contributed by atoms with Crippen molar-refractivity contribution >= 4 is 11.7 Å². The Balaban J connectivity index is 1.75. The number of amidine groups is 1. The summed E-state index contributed by atoms with van der Waals surface area (Å²) in [6, 6.07) is 7.34. The van der Waals surface area contributed by atoms with Crippen molar-refractivity contribution < 1.29 is 4.74 Å². The normalized spacial score (nSPS) is 20.9. The molecule has 2 N–H and O–H groups in total. The van der Waals surface area contributed by atoms with Gasteiger partial charge in [0, 0.05) is 18.8 Å². The second-order valence-electron chi connectivity index (χ2n) is 5.28. The Bertz CT molecular complexity index is 498. The van der Waals surface area contributed by atoms with E-state index < -0.39 is 0 Å². The molecule has 1 unspecified atom stereocenters. The highest BCUT2D eigenvalue weighted by Crippen LogP contribution is 2.27. The molecular formula is C15H21N3O. The van der Waals surface area contributed by atoms with E-state index in [1.54, 1.807) is 0 Å². The van der Waals surface area contributed by atoms with Crippen LogP contribution in [0.2, 0.25) is 0 Å². The van der Waals surface area contributed by atoms with Gasteiger partial charge in [-0.3, -0.25) is 0 Å². The van der Waals surface area contributed by atoms with Crippen molar-refractivity contribution in [1.29, 1.82) is 0 Å². The van der Waals surface area contributed by atoms with E-state index in [2.05, 4.69) is 35.0 Å². The van der Waals surface area contributed by atoms with Crippen LogP contribution >= 0.6 is 0 Å². The first-order chi connectivity index (χ1) is 9.26. The minimum atomic E-state index is 0.160. The first-order valence-corrected chi connectivity index (χ1v) is 7.09. The number of ether oxygens (including phenoxy) is 1. The zero-order valence-corrected chi connectivity index (χ0v) is 11.4. The summed E-state index contributed by atoms with van der Waals surface area (Å²) in [5.41, 5.74) is 9.89. The summed E-state index contributed by atoms with van der Waals surface area (Å²) in [5.74, 6) is 0. The fraction of sp³-hybridized carbons (Fsp3) is 0.533. The highest BCUT2D eigenvalue weighted by molar-refractivity contribution is 5.73. The number of nitrogens with two attached hydrogens (primary N) is 1. The molecule has 1 aliphatic carbocycles. The fourth-order valence-corrected chi connectivity index (χ4v) is 2.96. The van der Waals surface area contributed by atoms with E-state index >= 15 is 0 Å². The Morgan fingerprint density at radius 3 is 2.95 bits per heavy atom. The van der Waals surface area contributed by atoms with E-state index in [4.69, 9.17) is 10.5 Å². The van der Waals surface area contributed by atoms with Crippen LogP contribution in [0.5, 0.6) is 0 Å². The molecule has 1 aromatic carbocycles. The molecule has 2 aliphatic rings. The smallest absolute Gasteiger partial charge is 0.282 e. The number of likely N-dealkylation sites (N-methyl/N-ethyl adjacent to an activating group) is 1. The van der Waals surface area contributed by atoms with Crippen LogP contribution in [0.15, 0.2) is 23.2 Å². The summed E-state index contributed by atoms with van der Waals surface area (Å²) in [6.07, 6.45) is 3.75. The van der Waals surface area contributed by atoms with Gasteiger partial charge in [0.05, 0.1) is 0 Å². The molecule has 19 heavy (non-hydrogen) atoms. The van der Waals surface area contributed by atoms with Crippen molar-refractivity contribution in [3.63, 3.8) is 0 Å². The van der Waals surface area contributed by atoms with Crippen molar-refractivity contribution in [2.24, 2.45) is 10.7 Å². The van der Waals surface area contributed by atoms with Crippen LogP contribution in [-0.2, 0) is 17.6 Å². The second kappa shape index (κ2) is 5.11. The molecule has 1 aliphatic heterocycles. The third-order valence-electron chi connectivity index (χ3n) is 3.99. The standard InChI is InChI=1S/C15H21N3O/c1-2-18(9-13-10-19-15(16)17-13)14-7-6-11-4-3-5-12(11)8-14/h6-8,13H,2-5,9-10H2,1H3,(H2,16,17). The quantitative estimate of drug-likeness (QED) is 0.895. The first-order valence-electron chi connectivity index (χ1n) is 7.09. The number of aryl methyl sites for hydroxylation is 2. The highest BCUT2D eigenvalue weighted by Gasteiger charge is 2.20. The average molecular weight is 259 g/mol. The Morgan fingerprint density at radius 2 is 2.21 bits per heavy atom. The number of fused-ring (bicyclic) bond motifs is 1. The summed E-state index contributed by atoms with van der Waals surface area (Å²) in [6.45, 7) is 4.63. The lowest BCUT2D eigenvalue weighted by atomic mass is 10.1. The zero-order chi connectivity index (χ0) is 13.2. The average Bonchev–Trinajstić information content (AvgIpc) is 3.03. The van der Waals surface area contributed by atoms with E-state index in [0.29, 0.717) is 12.6 Å². The Kier molecular flexibility index (Phi) is 3.32. The third kappa shape index (κ3) is 2.53. The van der Waals surface area contributed by atoms with E-state index in [0.717, 1.165) is 13.1 Å². The lowest BCUT2D eigenvalue weighted by Crippen LogP contribution is -2.32. The number of rotatable bonds is 4. The lowest BCUT2D eigenvalue weighted by molar-refractivity contribution is 0.313. The maximum atomic E-state index is 5.56. The van der Waals surface area contributed by atoms with Gasteiger partial charge >= 0.3 is 0 Å². The molecule has 0 aromatic heterocycles. The molecule has 0 spiro atoms. The first kappa shape index (κ1) is 12.3. The van der Waals surface area contributed by atoms with Gasteiger partial charge in [0.1, 0.15) is 12.6 Å². The predicted molar refractivity (Wildman–Crippen MR) is 77.7 cm³/mol. The van der Waals surface area contributed by atoms with Gasteiger partial charge in [0.2, 0.25) is 0 Å². The maximum Gasteiger partial charge on any atom is 0.282 e. The van der Waals surface area contributed by atoms with Crippen LogP contribution in [0.4, 0.5) is 5.69 Å². The minimum absolute atomic E-state index is 0.160. The maximum absolute atomic E-state index is 5.56. The molecule has 0 radical (unpaired) electrons. The molecule has 1 aromatic rings. The van der Waals surface area contributed by atoms with Gasteiger partial charge in [0.25, 0.3) is 6.02 Å². The number of hydrogen-bond donors (Lipinski definition) is 1. The number of benzene rings is 1. The van der Waals surface area contributed by atoms with E-state index in [-0.39, 0.29) is 6.04 Å². The molecule has 3 rings (SSSR count). The van der Waals surface area contributed by atoms with Crippen molar-refractivity contribution in [3.8, 4) is 0 Å². The molecule has 0 saturated heterocycles. The van der Waals surface area contributed by atoms with E-state index in [9.17, 15) is 0 Å². The van der Waals surface area contributed by atoms with Crippen LogP contribution in [-0.4, -0.2) is 31.8 Å². The number of anilines is 1.